The fourth-order valence-electron chi connectivity index (χ4n) is 1.91. The number of aliphatic hydroxyl groups is 1. The highest BCUT2D eigenvalue weighted by Crippen LogP contribution is 2.40. The zero-order valence-electron chi connectivity index (χ0n) is 10.1. The number of ketones is 1. The largest absolute Gasteiger partial charge is 0.381 e. The van der Waals surface area contributed by atoms with Crippen molar-refractivity contribution in [2.45, 2.75) is 12.0 Å². The lowest BCUT2D eigenvalue weighted by molar-refractivity contribution is -0.138. The standard InChI is InChI=1S/C14H10F3IO2/c15-10-6-9(14(16,17)7-11(10)18)13(20)12(19)8-4-2-1-3-5-8/h1-7,9,12,19H. The number of alkyl halides is 2. The minimum atomic E-state index is -3.51. The van der Waals surface area contributed by atoms with E-state index in [4.69, 9.17) is 0 Å². The maximum Gasteiger partial charge on any atom is 0.281 e. The van der Waals surface area contributed by atoms with Crippen molar-refractivity contribution < 1.29 is 23.1 Å². The molecule has 1 aromatic carbocycles. The molecule has 1 N–H and O–H groups in total. The summed E-state index contributed by atoms with van der Waals surface area (Å²) in [5.74, 6) is -7.53. The second-order valence-electron chi connectivity index (χ2n) is 4.37. The number of rotatable bonds is 3. The van der Waals surface area contributed by atoms with Crippen LogP contribution in [0.3, 0.4) is 0 Å². The molecule has 0 heterocycles. The molecule has 0 bridgehead atoms. The van der Waals surface area contributed by atoms with Gasteiger partial charge in [0.1, 0.15) is 17.8 Å². The van der Waals surface area contributed by atoms with Crippen molar-refractivity contribution in [3.05, 3.63) is 57.5 Å². The van der Waals surface area contributed by atoms with Crippen molar-refractivity contribution in [2.24, 2.45) is 5.92 Å². The average molecular weight is 394 g/mol. The van der Waals surface area contributed by atoms with Gasteiger partial charge in [0.05, 0.1) is 3.58 Å². The quantitative estimate of drug-likeness (QED) is 0.794. The summed E-state index contributed by atoms with van der Waals surface area (Å²) in [7, 11) is 0. The Hall–Kier alpha value is -1.15. The number of carbonyl (C=O) groups is 1. The van der Waals surface area contributed by atoms with Crippen LogP contribution in [0.5, 0.6) is 0 Å². The van der Waals surface area contributed by atoms with Crippen molar-refractivity contribution in [1.82, 2.24) is 0 Å². The third-order valence-electron chi connectivity index (χ3n) is 2.97. The molecule has 2 nitrogen and oxygen atoms in total. The second-order valence-corrected chi connectivity index (χ2v) is 5.54. The Kier molecular flexibility index (Phi) is 4.33. The van der Waals surface area contributed by atoms with Crippen molar-refractivity contribution in [1.29, 1.82) is 0 Å². The first kappa shape index (κ1) is 15.2. The van der Waals surface area contributed by atoms with Gasteiger partial charge >= 0.3 is 0 Å². The van der Waals surface area contributed by atoms with Crippen LogP contribution < -0.4 is 0 Å². The van der Waals surface area contributed by atoms with Gasteiger partial charge in [0.25, 0.3) is 5.92 Å². The van der Waals surface area contributed by atoms with E-state index < -0.39 is 29.6 Å². The van der Waals surface area contributed by atoms with Crippen molar-refractivity contribution in [2.75, 3.05) is 0 Å². The first-order valence-electron chi connectivity index (χ1n) is 5.73. The van der Waals surface area contributed by atoms with E-state index >= 15 is 0 Å². The Labute approximate surface area is 127 Å². The van der Waals surface area contributed by atoms with Crippen LogP contribution in [0.15, 0.2) is 51.9 Å². The second kappa shape index (κ2) is 5.69. The van der Waals surface area contributed by atoms with E-state index in [2.05, 4.69) is 0 Å². The van der Waals surface area contributed by atoms with Gasteiger partial charge < -0.3 is 5.11 Å². The van der Waals surface area contributed by atoms with Gasteiger partial charge in [0.15, 0.2) is 5.78 Å². The van der Waals surface area contributed by atoms with Crippen molar-refractivity contribution in [3.8, 4) is 0 Å². The molecule has 20 heavy (non-hydrogen) atoms. The minimum Gasteiger partial charge on any atom is -0.381 e. The molecule has 6 heteroatoms. The molecule has 0 aliphatic heterocycles. The summed E-state index contributed by atoms with van der Waals surface area (Å²) in [6.45, 7) is 0. The molecule has 0 amide bonds. The number of hydrogen-bond donors (Lipinski definition) is 1. The number of Topliss-reactive ketones (excluding diaryl/α,β-unsaturated/α-hetero) is 1. The maximum atomic E-state index is 13.8. The summed E-state index contributed by atoms with van der Waals surface area (Å²) in [5, 5.41) is 9.87. The molecule has 2 atom stereocenters. The highest BCUT2D eigenvalue weighted by atomic mass is 127. The lowest BCUT2D eigenvalue weighted by Gasteiger charge is -2.26. The predicted molar refractivity (Wildman–Crippen MR) is 76.1 cm³/mol. The van der Waals surface area contributed by atoms with E-state index in [9.17, 15) is 23.1 Å². The summed E-state index contributed by atoms with van der Waals surface area (Å²) < 4.78 is 40.8. The summed E-state index contributed by atoms with van der Waals surface area (Å²) in [6.07, 6.45) is -0.736. The number of carbonyl (C=O) groups excluding carboxylic acids is 1. The van der Waals surface area contributed by atoms with Gasteiger partial charge in [-0.1, -0.05) is 30.3 Å². The molecule has 0 aromatic heterocycles. The molecule has 0 fully saturated rings. The number of benzene rings is 1. The molecule has 0 radical (unpaired) electrons. The van der Waals surface area contributed by atoms with Crippen LogP contribution in [-0.2, 0) is 4.79 Å². The normalized spacial score (nSPS) is 22.8. The highest BCUT2D eigenvalue weighted by Gasteiger charge is 2.46. The van der Waals surface area contributed by atoms with Gasteiger partial charge in [-0.3, -0.25) is 4.79 Å². The van der Waals surface area contributed by atoms with Crippen LogP contribution in [0.4, 0.5) is 13.2 Å². The SMILES string of the molecule is O=C(C(O)c1ccccc1)C1C=C(F)C(I)=CC1(F)F. The van der Waals surface area contributed by atoms with E-state index in [0.717, 1.165) is 0 Å². The summed E-state index contributed by atoms with van der Waals surface area (Å²) in [6, 6.07) is 7.71. The third kappa shape index (κ3) is 2.95. The Morgan fingerprint density at radius 1 is 1.30 bits per heavy atom. The highest BCUT2D eigenvalue weighted by molar-refractivity contribution is 14.1. The van der Waals surface area contributed by atoms with Crippen LogP contribution in [0, 0.1) is 5.92 Å². The van der Waals surface area contributed by atoms with Crippen LogP contribution in [-0.4, -0.2) is 16.8 Å². The summed E-state index contributed by atoms with van der Waals surface area (Å²) in [4.78, 5) is 12.0. The Bertz CT molecular complexity index is 581. The Morgan fingerprint density at radius 2 is 1.90 bits per heavy atom. The molecule has 1 aliphatic rings. The van der Waals surface area contributed by atoms with Crippen LogP contribution in [0.2, 0.25) is 0 Å². The maximum absolute atomic E-state index is 13.8. The third-order valence-corrected chi connectivity index (χ3v) is 3.79. The Morgan fingerprint density at radius 3 is 2.50 bits per heavy atom. The van der Waals surface area contributed by atoms with Gasteiger partial charge in [-0.05, 0) is 34.2 Å². The van der Waals surface area contributed by atoms with Gasteiger partial charge in [0.2, 0.25) is 0 Å². The molecule has 2 unspecified atom stereocenters. The molecule has 1 aromatic rings. The predicted octanol–water partition coefficient (Wildman–Crippen LogP) is 3.73. The van der Waals surface area contributed by atoms with Crippen LogP contribution in [0.1, 0.15) is 11.7 Å². The van der Waals surface area contributed by atoms with E-state index in [1.165, 1.54) is 34.7 Å². The van der Waals surface area contributed by atoms with Crippen LogP contribution in [0.25, 0.3) is 0 Å². The van der Waals surface area contributed by atoms with Gasteiger partial charge in [-0.15, -0.1) is 0 Å². The first-order valence-corrected chi connectivity index (χ1v) is 6.81. The van der Waals surface area contributed by atoms with E-state index in [0.29, 0.717) is 12.2 Å². The lowest BCUT2D eigenvalue weighted by atomic mass is 9.87. The molecular formula is C14H10F3IO2. The Balaban J connectivity index is 2.30. The zero-order valence-corrected chi connectivity index (χ0v) is 12.2. The van der Waals surface area contributed by atoms with Gasteiger partial charge in [0, 0.05) is 6.08 Å². The first-order chi connectivity index (χ1) is 9.33. The lowest BCUT2D eigenvalue weighted by Crippen LogP contribution is -2.36. The number of allylic oxidation sites excluding steroid dienone is 4. The molecule has 0 spiro atoms. The molecular weight excluding hydrogens is 384 g/mol. The van der Waals surface area contributed by atoms with Gasteiger partial charge in [-0.25, -0.2) is 13.2 Å². The van der Waals surface area contributed by atoms with Crippen molar-refractivity contribution in [3.63, 3.8) is 0 Å². The fraction of sp³-hybridized carbons (Fsp3) is 0.214. The topological polar surface area (TPSA) is 37.3 Å². The number of aliphatic hydroxyl groups excluding tert-OH is 1. The average Bonchev–Trinajstić information content (AvgIpc) is 2.42. The number of hydrogen-bond acceptors (Lipinski definition) is 2. The number of halogens is 4. The minimum absolute atomic E-state index is 0.200. The molecule has 0 saturated carbocycles. The molecule has 0 saturated heterocycles. The summed E-state index contributed by atoms with van der Waals surface area (Å²) >= 11 is 1.43. The summed E-state index contributed by atoms with van der Waals surface area (Å²) in [5.41, 5.74) is 0.200. The fourth-order valence-corrected chi connectivity index (χ4v) is 2.50. The molecule has 1 aliphatic carbocycles. The zero-order chi connectivity index (χ0) is 14.9. The van der Waals surface area contributed by atoms with Gasteiger partial charge in [-0.2, -0.15) is 0 Å². The van der Waals surface area contributed by atoms with Crippen molar-refractivity contribution >= 4 is 28.4 Å². The van der Waals surface area contributed by atoms with E-state index in [1.54, 1.807) is 18.2 Å². The molecule has 2 rings (SSSR count). The monoisotopic (exact) mass is 394 g/mol. The molecule has 106 valence electrons. The van der Waals surface area contributed by atoms with E-state index in [-0.39, 0.29) is 9.14 Å². The van der Waals surface area contributed by atoms with E-state index in [1.807, 2.05) is 0 Å². The smallest absolute Gasteiger partial charge is 0.281 e. The van der Waals surface area contributed by atoms with Crippen LogP contribution >= 0.6 is 22.6 Å².